The van der Waals surface area contributed by atoms with Gasteiger partial charge >= 0.3 is 0 Å². The highest BCUT2D eigenvalue weighted by atomic mass is 16.7. The summed E-state index contributed by atoms with van der Waals surface area (Å²) < 4.78 is 15.3. The second kappa shape index (κ2) is 7.57. The molecule has 1 saturated heterocycles. The van der Waals surface area contributed by atoms with Crippen molar-refractivity contribution < 1.29 is 39.4 Å². The molecule has 0 bridgehead atoms. The summed E-state index contributed by atoms with van der Waals surface area (Å²) in [6.45, 7) is -0.328. The molecule has 1 aliphatic heterocycles. The van der Waals surface area contributed by atoms with Crippen molar-refractivity contribution in [2.75, 3.05) is 12.3 Å². The van der Waals surface area contributed by atoms with Gasteiger partial charge in [-0.25, -0.2) is 0 Å². The topological polar surface area (TPSA) is 152 Å². The summed E-state index contributed by atoms with van der Waals surface area (Å²) in [5.74, 6) is 0.171. The molecular formula is C14H19NO8. The number of hydrogen-bond acceptors (Lipinski definition) is 9. The number of anilines is 1. The highest BCUT2D eigenvalue weighted by molar-refractivity contribution is 5.54. The molecule has 9 nitrogen and oxygen atoms in total. The van der Waals surface area contributed by atoms with Crippen LogP contribution in [0.25, 0.3) is 0 Å². The third kappa shape index (κ3) is 3.89. The van der Waals surface area contributed by atoms with Crippen LogP contribution < -0.4 is 10.5 Å². The van der Waals surface area contributed by atoms with E-state index in [1.165, 1.54) is 12.1 Å². The van der Waals surface area contributed by atoms with Crippen molar-refractivity contribution in [2.45, 2.75) is 37.3 Å². The number of nitrogen functional groups attached to an aromatic ring is 1. The first-order chi connectivity index (χ1) is 11.0. The Kier molecular flexibility index (Phi) is 5.74. The van der Waals surface area contributed by atoms with Gasteiger partial charge < -0.3 is 40.4 Å². The number of aliphatic hydroxyl groups is 4. The van der Waals surface area contributed by atoms with Gasteiger partial charge in [0, 0.05) is 0 Å². The lowest BCUT2D eigenvalue weighted by Gasteiger charge is -2.39. The Hall–Kier alpha value is -1.91. The van der Waals surface area contributed by atoms with Crippen LogP contribution in [0.5, 0.6) is 5.75 Å². The lowest BCUT2D eigenvalue weighted by molar-refractivity contribution is -0.277. The number of benzene rings is 1. The lowest BCUT2D eigenvalue weighted by Crippen LogP contribution is -2.60. The quantitative estimate of drug-likeness (QED) is 0.298. The molecule has 1 aromatic rings. The maximum Gasteiger partial charge on any atom is 0.293 e. The Morgan fingerprint density at radius 2 is 1.96 bits per heavy atom. The number of aliphatic hydroxyl groups excluding tert-OH is 4. The molecule has 2 rings (SSSR count). The largest absolute Gasteiger partial charge is 0.465 e. The minimum absolute atomic E-state index is 0.171. The molecule has 1 heterocycles. The molecule has 0 radical (unpaired) electrons. The fourth-order valence-electron chi connectivity index (χ4n) is 2.21. The second-order valence-electron chi connectivity index (χ2n) is 5.09. The average Bonchev–Trinajstić information content (AvgIpc) is 2.55. The van der Waals surface area contributed by atoms with Crippen LogP contribution in [-0.2, 0) is 20.9 Å². The zero-order chi connectivity index (χ0) is 17.0. The summed E-state index contributed by atoms with van der Waals surface area (Å²) >= 11 is 0. The SMILES string of the molecule is Nc1cc(CO)ccc1OC1O[C@H](COC=O)[C@@H](O)[C@H](O)[C@H]1O. The van der Waals surface area contributed by atoms with Gasteiger partial charge in [-0.2, -0.15) is 0 Å². The van der Waals surface area contributed by atoms with E-state index >= 15 is 0 Å². The van der Waals surface area contributed by atoms with Crippen LogP contribution in [0.15, 0.2) is 18.2 Å². The molecule has 1 unspecified atom stereocenters. The molecular weight excluding hydrogens is 310 g/mol. The van der Waals surface area contributed by atoms with E-state index < -0.39 is 30.7 Å². The molecule has 0 saturated carbocycles. The summed E-state index contributed by atoms with van der Waals surface area (Å²) in [5.41, 5.74) is 6.56. The van der Waals surface area contributed by atoms with E-state index in [2.05, 4.69) is 4.74 Å². The molecule has 0 aliphatic carbocycles. The highest BCUT2D eigenvalue weighted by Crippen LogP contribution is 2.28. The van der Waals surface area contributed by atoms with Gasteiger partial charge in [-0.1, -0.05) is 6.07 Å². The first-order valence-corrected chi connectivity index (χ1v) is 6.88. The van der Waals surface area contributed by atoms with Gasteiger partial charge in [0.05, 0.1) is 12.3 Å². The van der Waals surface area contributed by atoms with Crippen LogP contribution in [0, 0.1) is 0 Å². The molecule has 6 N–H and O–H groups in total. The number of nitrogens with two attached hydrogens (primary N) is 1. The summed E-state index contributed by atoms with van der Waals surface area (Å²) in [6, 6.07) is 4.53. The number of hydrogen-bond donors (Lipinski definition) is 5. The van der Waals surface area contributed by atoms with Gasteiger partial charge in [0.2, 0.25) is 6.29 Å². The minimum Gasteiger partial charge on any atom is -0.465 e. The highest BCUT2D eigenvalue weighted by Gasteiger charge is 2.45. The van der Waals surface area contributed by atoms with Gasteiger partial charge in [0.15, 0.2) is 0 Å². The Bertz CT molecular complexity index is 540. The van der Waals surface area contributed by atoms with E-state index in [1.807, 2.05) is 0 Å². The van der Waals surface area contributed by atoms with Crippen molar-refractivity contribution in [2.24, 2.45) is 0 Å². The first-order valence-electron chi connectivity index (χ1n) is 6.88. The smallest absolute Gasteiger partial charge is 0.293 e. The number of ether oxygens (including phenoxy) is 3. The van der Waals surface area contributed by atoms with Crippen molar-refractivity contribution in [3.63, 3.8) is 0 Å². The number of rotatable bonds is 6. The molecule has 128 valence electrons. The third-order valence-electron chi connectivity index (χ3n) is 3.50. The normalized spacial score (nSPS) is 30.7. The van der Waals surface area contributed by atoms with Crippen molar-refractivity contribution in [1.82, 2.24) is 0 Å². The van der Waals surface area contributed by atoms with Gasteiger partial charge in [-0.15, -0.1) is 0 Å². The maximum absolute atomic E-state index is 10.2. The Morgan fingerprint density at radius 3 is 2.57 bits per heavy atom. The standard InChI is InChI=1S/C14H19NO8/c15-8-3-7(4-16)1-2-9(8)22-14-13(20)12(19)11(18)10(23-14)5-21-6-17/h1-3,6,10-14,16,18-20H,4-5,15H2/t10-,11-,12+,13-,14?/m1/s1. The van der Waals surface area contributed by atoms with Gasteiger partial charge in [0.1, 0.15) is 36.8 Å². The predicted molar refractivity (Wildman–Crippen MR) is 76.1 cm³/mol. The Balaban J connectivity index is 2.12. The van der Waals surface area contributed by atoms with Crippen LogP contribution in [0.4, 0.5) is 5.69 Å². The lowest BCUT2D eigenvalue weighted by atomic mass is 9.99. The molecule has 1 aromatic carbocycles. The summed E-state index contributed by atoms with van der Waals surface area (Å²) in [5, 5.41) is 38.6. The zero-order valence-corrected chi connectivity index (χ0v) is 12.1. The Labute approximate surface area is 131 Å². The van der Waals surface area contributed by atoms with Crippen molar-refractivity contribution in [1.29, 1.82) is 0 Å². The van der Waals surface area contributed by atoms with Crippen LogP contribution in [-0.4, -0.2) is 64.2 Å². The van der Waals surface area contributed by atoms with Crippen LogP contribution in [0.3, 0.4) is 0 Å². The van der Waals surface area contributed by atoms with E-state index in [4.69, 9.17) is 20.3 Å². The summed E-state index contributed by atoms with van der Waals surface area (Å²) in [4.78, 5) is 10.2. The third-order valence-corrected chi connectivity index (χ3v) is 3.50. The van der Waals surface area contributed by atoms with Gasteiger partial charge in [-0.3, -0.25) is 4.79 Å². The molecule has 0 aromatic heterocycles. The molecule has 5 atom stereocenters. The van der Waals surface area contributed by atoms with Gasteiger partial charge in [-0.05, 0) is 17.7 Å². The number of carbonyl (C=O) groups excluding carboxylic acids is 1. The van der Waals surface area contributed by atoms with Crippen molar-refractivity contribution >= 4 is 12.2 Å². The van der Waals surface area contributed by atoms with Crippen molar-refractivity contribution in [3.8, 4) is 5.75 Å². The summed E-state index contributed by atoms with van der Waals surface area (Å²) in [6.07, 6.45) is -6.92. The first kappa shape index (κ1) is 17.4. The molecule has 23 heavy (non-hydrogen) atoms. The van der Waals surface area contributed by atoms with Crippen LogP contribution >= 0.6 is 0 Å². The van der Waals surface area contributed by atoms with Gasteiger partial charge in [0.25, 0.3) is 6.47 Å². The molecule has 0 amide bonds. The van der Waals surface area contributed by atoms with Crippen molar-refractivity contribution in [3.05, 3.63) is 23.8 Å². The monoisotopic (exact) mass is 329 g/mol. The molecule has 1 aliphatic rings. The number of carbonyl (C=O) groups is 1. The van der Waals surface area contributed by atoms with E-state index in [1.54, 1.807) is 6.07 Å². The fraction of sp³-hybridized carbons (Fsp3) is 0.500. The minimum atomic E-state index is -1.55. The predicted octanol–water partition coefficient (Wildman–Crippen LogP) is -1.88. The van der Waals surface area contributed by atoms with E-state index in [0.717, 1.165) is 0 Å². The maximum atomic E-state index is 10.2. The fourth-order valence-corrected chi connectivity index (χ4v) is 2.21. The Morgan fingerprint density at radius 1 is 1.22 bits per heavy atom. The summed E-state index contributed by atoms with van der Waals surface area (Å²) in [7, 11) is 0. The molecule has 1 fully saturated rings. The molecule has 9 heteroatoms. The van der Waals surface area contributed by atoms with Crippen LogP contribution in [0.1, 0.15) is 5.56 Å². The van der Waals surface area contributed by atoms with Crippen LogP contribution in [0.2, 0.25) is 0 Å². The second-order valence-corrected chi connectivity index (χ2v) is 5.09. The average molecular weight is 329 g/mol. The van der Waals surface area contributed by atoms with E-state index in [-0.39, 0.29) is 31.1 Å². The van der Waals surface area contributed by atoms with E-state index in [0.29, 0.717) is 5.56 Å². The zero-order valence-electron chi connectivity index (χ0n) is 12.1. The van der Waals surface area contributed by atoms with E-state index in [9.17, 15) is 20.1 Å². The molecule has 0 spiro atoms.